The molecule has 2 heterocycles. The van der Waals surface area contributed by atoms with Crippen molar-refractivity contribution in [3.8, 4) is 5.75 Å². The van der Waals surface area contributed by atoms with Crippen molar-refractivity contribution in [2.24, 2.45) is 11.3 Å². The highest BCUT2D eigenvalue weighted by Crippen LogP contribution is 2.45. The second-order valence-electron chi connectivity index (χ2n) is 15.1. The van der Waals surface area contributed by atoms with E-state index in [-0.39, 0.29) is 31.4 Å². The molecule has 50 heavy (non-hydrogen) atoms. The van der Waals surface area contributed by atoms with Crippen molar-refractivity contribution in [2.45, 2.75) is 110 Å². The number of carboxylic acid groups (broad SMARTS) is 1. The van der Waals surface area contributed by atoms with E-state index in [0.717, 1.165) is 58.7 Å². The van der Waals surface area contributed by atoms with Crippen molar-refractivity contribution in [1.82, 2.24) is 20.5 Å². The maximum atomic E-state index is 14.6. The molecule has 0 radical (unpaired) electrons. The van der Waals surface area contributed by atoms with E-state index in [1.807, 2.05) is 52.8 Å². The smallest absolute Gasteiger partial charge is 0.330 e. The summed E-state index contributed by atoms with van der Waals surface area (Å²) in [5.41, 5.74) is 1.82. The van der Waals surface area contributed by atoms with E-state index in [4.69, 9.17) is 14.5 Å². The van der Waals surface area contributed by atoms with Gasteiger partial charge in [0.05, 0.1) is 17.8 Å². The van der Waals surface area contributed by atoms with Gasteiger partial charge in [0.1, 0.15) is 35.6 Å². The summed E-state index contributed by atoms with van der Waals surface area (Å²) >= 11 is 0. The molecule has 11 heteroatoms. The lowest BCUT2D eigenvalue weighted by molar-refractivity contribution is -0.146. The maximum absolute atomic E-state index is 14.6. The van der Waals surface area contributed by atoms with Crippen molar-refractivity contribution >= 4 is 48.1 Å². The molecule has 1 aromatic carbocycles. The molecule has 1 aromatic heterocycles. The van der Waals surface area contributed by atoms with Gasteiger partial charge in [-0.15, -0.1) is 6.58 Å². The number of carbonyl (C=O) groups is 3. The Labute approximate surface area is 297 Å². The Kier molecular flexibility index (Phi) is 11.0. The third kappa shape index (κ3) is 7.56. The van der Waals surface area contributed by atoms with E-state index in [1.54, 1.807) is 6.08 Å². The third-order valence-corrected chi connectivity index (χ3v) is 11.6. The van der Waals surface area contributed by atoms with E-state index in [2.05, 4.69) is 43.4 Å². The zero-order chi connectivity index (χ0) is 36.5. The van der Waals surface area contributed by atoms with Crippen molar-refractivity contribution in [2.75, 3.05) is 13.2 Å². The molecule has 270 valence electrons. The summed E-state index contributed by atoms with van der Waals surface area (Å²) in [5.74, 6) is -1.39. The molecule has 3 N–H and O–H groups in total. The lowest BCUT2D eigenvalue weighted by Gasteiger charge is -2.36. The fourth-order valence-corrected chi connectivity index (χ4v) is 8.12. The van der Waals surface area contributed by atoms with Crippen LogP contribution in [0.3, 0.4) is 0 Å². The fourth-order valence-electron chi connectivity index (χ4n) is 7.21. The number of allylic oxidation sites excluding steroid dienone is 2. The highest BCUT2D eigenvalue weighted by atomic mass is 31.1. The molecule has 2 amide bonds. The molecule has 0 spiro atoms. The first-order chi connectivity index (χ1) is 23.6. The van der Waals surface area contributed by atoms with Gasteiger partial charge in [0.25, 0.3) is 0 Å². The van der Waals surface area contributed by atoms with Crippen LogP contribution in [0.4, 0.5) is 0 Å². The number of rotatable bonds is 13. The van der Waals surface area contributed by atoms with E-state index < -0.39 is 46.9 Å². The van der Waals surface area contributed by atoms with Crippen LogP contribution >= 0.6 is 8.58 Å². The van der Waals surface area contributed by atoms with Gasteiger partial charge in [0.15, 0.2) is 5.88 Å². The van der Waals surface area contributed by atoms with Crippen LogP contribution in [-0.4, -0.2) is 75.8 Å². The number of nitrogens with one attached hydrogen (secondary N) is 2. The monoisotopic (exact) mass is 704 g/mol. The minimum Gasteiger partial charge on any atom is -0.488 e. The van der Waals surface area contributed by atoms with Gasteiger partial charge in [-0.05, 0) is 88.7 Å². The molecule has 6 atom stereocenters. The molecule has 2 saturated carbocycles. The van der Waals surface area contributed by atoms with Crippen LogP contribution in [-0.2, 0) is 19.1 Å². The lowest BCUT2D eigenvalue weighted by Crippen LogP contribution is -2.58. The van der Waals surface area contributed by atoms with Gasteiger partial charge >= 0.3 is 5.97 Å². The number of likely N-dealkylation sites (tertiary alicyclic amines) is 1. The predicted octanol–water partition coefficient (Wildman–Crippen LogP) is 5.83. The number of amides is 2. The van der Waals surface area contributed by atoms with E-state index in [0.29, 0.717) is 20.2 Å². The quantitative estimate of drug-likeness (QED) is 0.135. The molecule has 2 aliphatic carbocycles. The first kappa shape index (κ1) is 37.3. The molecule has 5 rings (SSSR count). The van der Waals surface area contributed by atoms with Crippen molar-refractivity contribution < 1.29 is 29.0 Å². The summed E-state index contributed by atoms with van der Waals surface area (Å²) in [6, 6.07) is 4.27. The maximum Gasteiger partial charge on any atom is 0.330 e. The zero-order valence-electron chi connectivity index (χ0n) is 30.5. The van der Waals surface area contributed by atoms with E-state index >= 15 is 0 Å². The molecule has 3 fully saturated rings. The Bertz CT molecular complexity index is 1710. The molecule has 3 aliphatic rings. The summed E-state index contributed by atoms with van der Waals surface area (Å²) in [4.78, 5) is 47.6. The zero-order valence-corrected chi connectivity index (χ0v) is 31.5. The molecule has 2 aromatic rings. The topological polar surface area (TPSA) is 130 Å². The highest BCUT2D eigenvalue weighted by Gasteiger charge is 2.61. The molecular weight excluding hydrogens is 651 g/mol. The van der Waals surface area contributed by atoms with Crippen LogP contribution in [0.25, 0.3) is 16.5 Å². The molecule has 1 aliphatic heterocycles. The van der Waals surface area contributed by atoms with Crippen LogP contribution < -0.4 is 20.7 Å². The summed E-state index contributed by atoms with van der Waals surface area (Å²) in [7, 11) is 0.527. The number of carboxylic acids is 1. The Morgan fingerprint density at radius 3 is 2.48 bits per heavy atom. The molecule has 10 nitrogen and oxygen atoms in total. The first-order valence-electron chi connectivity index (χ1n) is 17.7. The molecule has 6 unspecified atom stereocenters. The standard InChI is InChI=1S/C39H53N4O6P/c1-10-22(3)29-19-31(28-17-16-23(4)33(50-9)32(28)41-29)49-27-18-30(35(44)42-39(37(46)47)20-25(39)11-2)43(21-27)36(45)34(38(6,7)8)40-24(5)48-26-14-12-13-15-26/h10-11,16-17,19,25-27,30,34,40,50H,2,5,12-15,18,20-21H2,1,3-4,6-9H3,(H,42,44)(H,46,47)/b22-10+. The normalized spacial score (nSPS) is 24.7. The first-order valence-corrected chi connectivity index (χ1v) is 19.2. The number of aliphatic carboxylic acids is 1. The number of hydrogen-bond donors (Lipinski definition) is 3. The lowest BCUT2D eigenvalue weighted by atomic mass is 9.85. The number of carbonyl (C=O) groups excluding carboxylic acids is 2. The van der Waals surface area contributed by atoms with Gasteiger partial charge < -0.3 is 30.1 Å². The average molecular weight is 705 g/mol. The Morgan fingerprint density at radius 2 is 1.90 bits per heavy atom. The summed E-state index contributed by atoms with van der Waals surface area (Å²) in [5, 5.41) is 18.1. The second-order valence-corrected chi connectivity index (χ2v) is 16.1. The Morgan fingerprint density at radius 1 is 1.20 bits per heavy atom. The molecular formula is C39H53N4O6P. The van der Waals surface area contributed by atoms with Gasteiger partial charge in [-0.2, -0.15) is 0 Å². The third-order valence-electron chi connectivity index (χ3n) is 10.4. The second kappa shape index (κ2) is 14.7. The van der Waals surface area contributed by atoms with Gasteiger partial charge in [0.2, 0.25) is 11.8 Å². The van der Waals surface area contributed by atoms with Gasteiger partial charge in [-0.1, -0.05) is 47.6 Å². The largest absolute Gasteiger partial charge is 0.488 e. The summed E-state index contributed by atoms with van der Waals surface area (Å²) < 4.78 is 12.9. The SMILES string of the molecule is C=CC1CC1(NC(=O)C1CC(Oc2cc(/C(C)=C/C)nc3c(PC)c(C)ccc23)CN1C(=O)C(NC(=C)OC1CCCC1)C(C)(C)C)C(=O)O. The fraction of sp³-hybridized carbons (Fsp3) is 0.538. The number of ether oxygens (including phenoxy) is 2. The van der Waals surface area contributed by atoms with Gasteiger partial charge in [-0.25, -0.2) is 9.78 Å². The summed E-state index contributed by atoms with van der Waals surface area (Å²) in [6.07, 6.45) is 7.57. The minimum absolute atomic E-state index is 0.0566. The number of fused-ring (bicyclic) bond motifs is 1. The van der Waals surface area contributed by atoms with Crippen molar-refractivity contribution in [3.63, 3.8) is 0 Å². The average Bonchev–Trinajstić information content (AvgIpc) is 3.33. The van der Waals surface area contributed by atoms with Crippen LogP contribution in [0.2, 0.25) is 0 Å². The van der Waals surface area contributed by atoms with E-state index in [9.17, 15) is 19.5 Å². The predicted molar refractivity (Wildman–Crippen MR) is 200 cm³/mol. The van der Waals surface area contributed by atoms with Crippen molar-refractivity contribution in [1.29, 1.82) is 0 Å². The van der Waals surface area contributed by atoms with Crippen LogP contribution in [0.1, 0.15) is 84.4 Å². The van der Waals surface area contributed by atoms with Gasteiger partial charge in [0, 0.05) is 29.1 Å². The number of pyridine rings is 1. The minimum atomic E-state index is -1.44. The van der Waals surface area contributed by atoms with Crippen LogP contribution in [0, 0.1) is 18.3 Å². The van der Waals surface area contributed by atoms with Crippen LogP contribution in [0.15, 0.2) is 49.4 Å². The van der Waals surface area contributed by atoms with Crippen molar-refractivity contribution in [3.05, 3.63) is 60.6 Å². The molecule has 0 bridgehead atoms. The van der Waals surface area contributed by atoms with E-state index in [1.165, 1.54) is 4.90 Å². The summed E-state index contributed by atoms with van der Waals surface area (Å²) in [6.45, 7) is 22.0. The number of aryl methyl sites for hydroxylation is 1. The molecule has 1 saturated heterocycles. The Balaban J connectivity index is 1.49. The van der Waals surface area contributed by atoms with Gasteiger partial charge in [-0.3, -0.25) is 9.59 Å². The number of benzene rings is 1. The highest BCUT2D eigenvalue weighted by molar-refractivity contribution is 7.47. The number of hydrogen-bond acceptors (Lipinski definition) is 7. The van der Waals surface area contributed by atoms with Crippen LogP contribution in [0.5, 0.6) is 5.75 Å². The Hall–Kier alpha value is -3.91. The number of nitrogens with zero attached hydrogens (tertiary/aromatic N) is 2. The number of aromatic nitrogens is 1.